The fraction of sp³-hybridized carbons (Fsp3) is 0.417. The molecule has 0 aromatic heterocycles. The average molecular weight is 218 g/mol. The van der Waals surface area contributed by atoms with Gasteiger partial charge >= 0.3 is 0 Å². The highest BCUT2D eigenvalue weighted by molar-refractivity contribution is 8.00. The van der Waals surface area contributed by atoms with Crippen LogP contribution in [0.2, 0.25) is 0 Å². The van der Waals surface area contributed by atoms with Gasteiger partial charge in [-0.05, 0) is 31.2 Å². The van der Waals surface area contributed by atoms with Gasteiger partial charge in [0.1, 0.15) is 6.07 Å². The van der Waals surface area contributed by atoms with Gasteiger partial charge in [-0.25, -0.2) is 0 Å². The number of hydrogen-bond acceptors (Lipinski definition) is 3. The standard InChI is InChI=1S/C12H14N2S/c1-15-12(6-7-12)9-14-11-5-3-2-4-10(11)8-13/h2-5,14H,6-7,9H2,1H3. The number of nitrogens with zero attached hydrogens (tertiary/aromatic N) is 1. The third-order valence-corrected chi connectivity index (χ3v) is 4.31. The Bertz CT molecular complexity index is 391. The Balaban J connectivity index is 2.02. The second-order valence-corrected chi connectivity index (χ2v) is 5.17. The van der Waals surface area contributed by atoms with Crippen molar-refractivity contribution in [3.63, 3.8) is 0 Å². The molecule has 15 heavy (non-hydrogen) atoms. The minimum absolute atomic E-state index is 0.433. The van der Waals surface area contributed by atoms with Crippen molar-refractivity contribution in [1.29, 1.82) is 5.26 Å². The van der Waals surface area contributed by atoms with Crippen LogP contribution >= 0.6 is 11.8 Å². The Labute approximate surface area is 94.7 Å². The lowest BCUT2D eigenvalue weighted by atomic mass is 10.2. The van der Waals surface area contributed by atoms with Crippen LogP contribution in [0.5, 0.6) is 0 Å². The molecule has 0 aliphatic heterocycles. The largest absolute Gasteiger partial charge is 0.383 e. The van der Waals surface area contributed by atoms with E-state index >= 15 is 0 Å². The first-order chi connectivity index (χ1) is 7.29. The molecule has 1 aliphatic carbocycles. The number of rotatable bonds is 4. The molecular formula is C12H14N2S. The number of benzene rings is 1. The SMILES string of the molecule is CSC1(CNc2ccccc2C#N)CC1. The van der Waals surface area contributed by atoms with Crippen molar-refractivity contribution in [3.05, 3.63) is 29.8 Å². The molecule has 1 fully saturated rings. The average Bonchev–Trinajstić information content (AvgIpc) is 3.07. The monoisotopic (exact) mass is 218 g/mol. The highest BCUT2D eigenvalue weighted by atomic mass is 32.2. The summed E-state index contributed by atoms with van der Waals surface area (Å²) in [6, 6.07) is 9.87. The molecule has 1 aromatic carbocycles. The molecule has 0 bridgehead atoms. The lowest BCUT2D eigenvalue weighted by molar-refractivity contribution is 0.949. The van der Waals surface area contributed by atoms with E-state index in [1.165, 1.54) is 12.8 Å². The molecule has 0 unspecified atom stereocenters. The number of hydrogen-bond donors (Lipinski definition) is 1. The van der Waals surface area contributed by atoms with Gasteiger partial charge in [-0.1, -0.05) is 12.1 Å². The van der Waals surface area contributed by atoms with Crippen LogP contribution in [0.4, 0.5) is 5.69 Å². The molecule has 0 saturated heterocycles. The van der Waals surface area contributed by atoms with Crippen molar-refractivity contribution in [2.24, 2.45) is 0 Å². The quantitative estimate of drug-likeness (QED) is 0.844. The van der Waals surface area contributed by atoms with Gasteiger partial charge in [-0.3, -0.25) is 0 Å². The molecule has 0 atom stereocenters. The first-order valence-electron chi connectivity index (χ1n) is 5.08. The number of nitrogens with one attached hydrogen (secondary N) is 1. The smallest absolute Gasteiger partial charge is 0.101 e. The summed E-state index contributed by atoms with van der Waals surface area (Å²) in [7, 11) is 0. The van der Waals surface area contributed by atoms with Crippen molar-refractivity contribution in [3.8, 4) is 6.07 Å². The number of nitriles is 1. The molecule has 1 aliphatic rings. The van der Waals surface area contributed by atoms with E-state index in [4.69, 9.17) is 5.26 Å². The maximum Gasteiger partial charge on any atom is 0.101 e. The van der Waals surface area contributed by atoms with Crippen LogP contribution in [0, 0.1) is 11.3 Å². The van der Waals surface area contributed by atoms with Crippen LogP contribution in [0.3, 0.4) is 0 Å². The van der Waals surface area contributed by atoms with E-state index in [2.05, 4.69) is 17.6 Å². The summed E-state index contributed by atoms with van der Waals surface area (Å²) in [5, 5.41) is 12.3. The van der Waals surface area contributed by atoms with E-state index < -0.39 is 0 Å². The summed E-state index contributed by atoms with van der Waals surface area (Å²) < 4.78 is 0.433. The maximum atomic E-state index is 8.93. The van der Waals surface area contributed by atoms with Gasteiger partial charge in [-0.15, -0.1) is 0 Å². The Morgan fingerprint density at radius 2 is 2.20 bits per heavy atom. The minimum Gasteiger partial charge on any atom is -0.383 e. The summed E-state index contributed by atoms with van der Waals surface area (Å²) in [4.78, 5) is 0. The summed E-state index contributed by atoms with van der Waals surface area (Å²) in [6.45, 7) is 0.965. The number of para-hydroxylation sites is 1. The lowest BCUT2D eigenvalue weighted by Gasteiger charge is -2.14. The predicted octanol–water partition coefficient (Wildman–Crippen LogP) is 2.87. The molecule has 0 spiro atoms. The molecule has 0 amide bonds. The Kier molecular flexibility index (Phi) is 2.88. The Morgan fingerprint density at radius 1 is 1.47 bits per heavy atom. The van der Waals surface area contributed by atoms with Gasteiger partial charge in [0.05, 0.1) is 11.3 Å². The van der Waals surface area contributed by atoms with E-state index in [0.717, 1.165) is 17.8 Å². The molecule has 0 radical (unpaired) electrons. The normalized spacial score (nSPS) is 16.8. The molecule has 2 rings (SSSR count). The molecular weight excluding hydrogens is 204 g/mol. The molecule has 3 heteroatoms. The molecule has 2 nitrogen and oxygen atoms in total. The zero-order valence-corrected chi connectivity index (χ0v) is 9.60. The Hall–Kier alpha value is -1.14. The van der Waals surface area contributed by atoms with Crippen LogP contribution in [-0.4, -0.2) is 17.5 Å². The van der Waals surface area contributed by atoms with E-state index in [1.807, 2.05) is 36.0 Å². The third-order valence-electron chi connectivity index (χ3n) is 2.89. The fourth-order valence-corrected chi connectivity index (χ4v) is 2.31. The zero-order valence-electron chi connectivity index (χ0n) is 8.79. The predicted molar refractivity (Wildman–Crippen MR) is 65.1 cm³/mol. The van der Waals surface area contributed by atoms with Crippen LogP contribution in [-0.2, 0) is 0 Å². The maximum absolute atomic E-state index is 8.93. The van der Waals surface area contributed by atoms with Gasteiger partial charge in [0.2, 0.25) is 0 Å². The fourth-order valence-electron chi connectivity index (χ4n) is 1.58. The molecule has 78 valence electrons. The second kappa shape index (κ2) is 4.16. The topological polar surface area (TPSA) is 35.8 Å². The lowest BCUT2D eigenvalue weighted by Crippen LogP contribution is -2.17. The number of thioether (sulfide) groups is 1. The van der Waals surface area contributed by atoms with Crippen molar-refractivity contribution in [1.82, 2.24) is 0 Å². The first kappa shape index (κ1) is 10.4. The van der Waals surface area contributed by atoms with Crippen LogP contribution in [0.15, 0.2) is 24.3 Å². The number of anilines is 1. The zero-order chi connectivity index (χ0) is 10.7. The van der Waals surface area contributed by atoms with E-state index in [0.29, 0.717) is 4.75 Å². The molecule has 0 heterocycles. The van der Waals surface area contributed by atoms with Crippen LogP contribution < -0.4 is 5.32 Å². The highest BCUT2D eigenvalue weighted by Gasteiger charge is 2.41. The molecule has 1 N–H and O–H groups in total. The molecule has 1 saturated carbocycles. The van der Waals surface area contributed by atoms with Gasteiger partial charge in [0.25, 0.3) is 0 Å². The van der Waals surface area contributed by atoms with E-state index in [-0.39, 0.29) is 0 Å². The summed E-state index contributed by atoms with van der Waals surface area (Å²) in [5.41, 5.74) is 1.69. The molecule has 1 aromatic rings. The van der Waals surface area contributed by atoms with Gasteiger partial charge in [-0.2, -0.15) is 17.0 Å². The van der Waals surface area contributed by atoms with Crippen molar-refractivity contribution >= 4 is 17.4 Å². The second-order valence-electron chi connectivity index (χ2n) is 3.90. The van der Waals surface area contributed by atoms with Crippen molar-refractivity contribution in [2.75, 3.05) is 18.1 Å². The van der Waals surface area contributed by atoms with Crippen LogP contribution in [0.25, 0.3) is 0 Å². The highest BCUT2D eigenvalue weighted by Crippen LogP contribution is 2.47. The Morgan fingerprint density at radius 3 is 2.80 bits per heavy atom. The van der Waals surface area contributed by atoms with Gasteiger partial charge in [0, 0.05) is 11.3 Å². The summed E-state index contributed by atoms with van der Waals surface area (Å²) in [6.07, 6.45) is 4.73. The van der Waals surface area contributed by atoms with Crippen LogP contribution in [0.1, 0.15) is 18.4 Å². The summed E-state index contributed by atoms with van der Waals surface area (Å²) in [5.74, 6) is 0. The van der Waals surface area contributed by atoms with E-state index in [9.17, 15) is 0 Å². The third kappa shape index (κ3) is 2.27. The van der Waals surface area contributed by atoms with Gasteiger partial charge < -0.3 is 5.32 Å². The first-order valence-corrected chi connectivity index (χ1v) is 6.30. The van der Waals surface area contributed by atoms with Crippen molar-refractivity contribution in [2.45, 2.75) is 17.6 Å². The summed E-state index contributed by atoms with van der Waals surface area (Å²) >= 11 is 1.93. The van der Waals surface area contributed by atoms with E-state index in [1.54, 1.807) is 0 Å². The minimum atomic E-state index is 0.433. The van der Waals surface area contributed by atoms with Crippen molar-refractivity contribution < 1.29 is 0 Å². The van der Waals surface area contributed by atoms with Gasteiger partial charge in [0.15, 0.2) is 0 Å².